The molecule has 1 unspecified atom stereocenters. The summed E-state index contributed by atoms with van der Waals surface area (Å²) in [5, 5.41) is 0.872. The summed E-state index contributed by atoms with van der Waals surface area (Å²) in [7, 11) is 0. The first kappa shape index (κ1) is 11.5. The Bertz CT molecular complexity index is 398. The van der Waals surface area contributed by atoms with E-state index in [-0.39, 0.29) is 0 Å². The summed E-state index contributed by atoms with van der Waals surface area (Å²) in [6.45, 7) is 2.09. The Morgan fingerprint density at radius 1 is 1.31 bits per heavy atom. The van der Waals surface area contributed by atoms with Crippen LogP contribution in [-0.2, 0) is 0 Å². The number of hydrogen-bond donors (Lipinski definition) is 0. The van der Waals surface area contributed by atoms with Crippen LogP contribution in [0.5, 0.6) is 0 Å². The first-order valence-electron chi connectivity index (χ1n) is 5.87. The molecule has 0 fully saturated rings. The van der Waals surface area contributed by atoms with Gasteiger partial charge in [0.1, 0.15) is 0 Å². The fraction of sp³-hybridized carbons (Fsp3) is 0.333. The predicted molar refractivity (Wildman–Crippen MR) is 71.5 cm³/mol. The van der Waals surface area contributed by atoms with Crippen LogP contribution in [0.25, 0.3) is 5.03 Å². The fourth-order valence-corrected chi connectivity index (χ4v) is 2.26. The van der Waals surface area contributed by atoms with Gasteiger partial charge in [-0.15, -0.1) is 0 Å². The Morgan fingerprint density at radius 2 is 2.06 bits per heavy atom. The molecule has 0 amide bonds. The van der Waals surface area contributed by atoms with Crippen molar-refractivity contribution in [2.45, 2.75) is 26.2 Å². The summed E-state index contributed by atoms with van der Waals surface area (Å²) in [5.41, 5.74) is 2.39. The average molecular weight is 233 g/mol. The molecule has 0 saturated carbocycles. The Kier molecular flexibility index (Phi) is 3.84. The van der Waals surface area contributed by atoms with E-state index in [9.17, 15) is 0 Å². The Balaban J connectivity index is 2.14. The molecule has 16 heavy (non-hydrogen) atoms. The van der Waals surface area contributed by atoms with Crippen LogP contribution in [0.1, 0.15) is 30.4 Å². The normalized spacial score (nSPS) is 21.1. The van der Waals surface area contributed by atoms with Gasteiger partial charge in [0.05, 0.1) is 0 Å². The van der Waals surface area contributed by atoms with E-state index in [1.807, 2.05) is 0 Å². The summed E-state index contributed by atoms with van der Waals surface area (Å²) in [4.78, 5) is 0. The van der Waals surface area contributed by atoms with Gasteiger partial charge in [-0.2, -0.15) is 0 Å². The molecule has 0 spiro atoms. The zero-order valence-corrected chi connectivity index (χ0v) is 10.4. The molecule has 1 heteroatoms. The van der Waals surface area contributed by atoms with Crippen LogP contribution < -0.4 is 0 Å². The Labute approximate surface area is 103 Å². The van der Waals surface area contributed by atoms with E-state index in [0.717, 1.165) is 10.6 Å². The highest BCUT2D eigenvalue weighted by atomic mass is 35.5. The van der Waals surface area contributed by atoms with E-state index in [0.29, 0.717) is 5.92 Å². The van der Waals surface area contributed by atoms with Crippen molar-refractivity contribution in [1.82, 2.24) is 0 Å². The highest BCUT2D eigenvalue weighted by Crippen LogP contribution is 2.26. The number of halogens is 1. The minimum Gasteiger partial charge on any atom is -0.0879 e. The van der Waals surface area contributed by atoms with Gasteiger partial charge in [0.25, 0.3) is 0 Å². The monoisotopic (exact) mass is 232 g/mol. The van der Waals surface area contributed by atoms with Crippen molar-refractivity contribution in [3.8, 4) is 0 Å². The zero-order chi connectivity index (χ0) is 11.4. The first-order valence-corrected chi connectivity index (χ1v) is 6.24. The maximum absolute atomic E-state index is 6.32. The van der Waals surface area contributed by atoms with Crippen LogP contribution in [0.15, 0.2) is 42.5 Å². The van der Waals surface area contributed by atoms with Gasteiger partial charge in [-0.3, -0.25) is 0 Å². The molecule has 1 aliphatic rings. The molecule has 0 N–H and O–H groups in total. The predicted octanol–water partition coefficient (Wildman–Crippen LogP) is 4.93. The van der Waals surface area contributed by atoms with Gasteiger partial charge in [0.15, 0.2) is 0 Å². The van der Waals surface area contributed by atoms with Crippen LogP contribution >= 0.6 is 11.6 Å². The number of allylic oxidation sites excluding steroid dienone is 3. The largest absolute Gasteiger partial charge is 0.0879 e. The standard InChI is InChI=1S/C15H17Cl/c1-12-7-9-14(10-8-12)15(16)11-13-5-3-2-4-6-13/h3,5,7-11,13H,2,4,6H2,1H3/b15-11-. The average Bonchev–Trinajstić information content (AvgIpc) is 2.31. The van der Waals surface area contributed by atoms with Crippen molar-refractivity contribution in [3.05, 3.63) is 53.6 Å². The van der Waals surface area contributed by atoms with Gasteiger partial charge in [-0.1, -0.05) is 59.7 Å². The molecular weight excluding hydrogens is 216 g/mol. The van der Waals surface area contributed by atoms with Gasteiger partial charge in [0.2, 0.25) is 0 Å². The molecule has 0 bridgehead atoms. The minimum absolute atomic E-state index is 0.516. The zero-order valence-electron chi connectivity index (χ0n) is 9.62. The number of aryl methyl sites for hydroxylation is 1. The van der Waals surface area contributed by atoms with Crippen LogP contribution in [0.3, 0.4) is 0 Å². The van der Waals surface area contributed by atoms with Crippen molar-refractivity contribution in [1.29, 1.82) is 0 Å². The minimum atomic E-state index is 0.516. The van der Waals surface area contributed by atoms with Crippen LogP contribution in [-0.4, -0.2) is 0 Å². The summed E-state index contributed by atoms with van der Waals surface area (Å²) in [6.07, 6.45) is 10.4. The molecule has 0 heterocycles. The molecule has 2 rings (SSSR count). The molecule has 1 aromatic carbocycles. The molecule has 1 aromatic rings. The number of hydrogen-bond acceptors (Lipinski definition) is 0. The Hall–Kier alpha value is -1.01. The molecule has 0 saturated heterocycles. The lowest BCUT2D eigenvalue weighted by Gasteiger charge is -2.12. The highest BCUT2D eigenvalue weighted by molar-refractivity contribution is 6.48. The number of benzene rings is 1. The third kappa shape index (κ3) is 2.99. The summed E-state index contributed by atoms with van der Waals surface area (Å²) in [5.74, 6) is 0.516. The second kappa shape index (κ2) is 5.36. The lowest BCUT2D eigenvalue weighted by Crippen LogP contribution is -1.97. The molecule has 0 radical (unpaired) electrons. The maximum atomic E-state index is 6.32. The quantitative estimate of drug-likeness (QED) is 0.635. The smallest absolute Gasteiger partial charge is 0.0444 e. The van der Waals surface area contributed by atoms with Crippen LogP contribution in [0.4, 0.5) is 0 Å². The third-order valence-electron chi connectivity index (χ3n) is 2.98. The topological polar surface area (TPSA) is 0 Å². The molecule has 0 aliphatic heterocycles. The molecular formula is C15H17Cl. The SMILES string of the molecule is Cc1ccc(/C(Cl)=C/C2C=CCCC2)cc1. The van der Waals surface area contributed by atoms with Gasteiger partial charge >= 0.3 is 0 Å². The summed E-state index contributed by atoms with van der Waals surface area (Å²) in [6, 6.07) is 8.37. The lowest BCUT2D eigenvalue weighted by atomic mass is 9.95. The Morgan fingerprint density at radius 3 is 2.69 bits per heavy atom. The lowest BCUT2D eigenvalue weighted by molar-refractivity contribution is 0.632. The van der Waals surface area contributed by atoms with Crippen molar-refractivity contribution in [2.75, 3.05) is 0 Å². The van der Waals surface area contributed by atoms with Crippen molar-refractivity contribution in [2.24, 2.45) is 5.92 Å². The van der Waals surface area contributed by atoms with Crippen LogP contribution in [0.2, 0.25) is 0 Å². The van der Waals surface area contributed by atoms with E-state index in [1.54, 1.807) is 0 Å². The summed E-state index contributed by atoms with van der Waals surface area (Å²) < 4.78 is 0. The molecule has 1 atom stereocenters. The van der Waals surface area contributed by atoms with Gasteiger partial charge in [-0.05, 0) is 37.7 Å². The number of rotatable bonds is 2. The van der Waals surface area contributed by atoms with Crippen molar-refractivity contribution in [3.63, 3.8) is 0 Å². The van der Waals surface area contributed by atoms with E-state index in [4.69, 9.17) is 11.6 Å². The first-order chi connectivity index (χ1) is 7.75. The fourth-order valence-electron chi connectivity index (χ4n) is 1.97. The maximum Gasteiger partial charge on any atom is 0.0444 e. The van der Waals surface area contributed by atoms with E-state index < -0.39 is 0 Å². The van der Waals surface area contributed by atoms with Gasteiger partial charge < -0.3 is 0 Å². The second-order valence-electron chi connectivity index (χ2n) is 4.40. The third-order valence-corrected chi connectivity index (χ3v) is 3.32. The molecule has 1 aliphatic carbocycles. The van der Waals surface area contributed by atoms with Gasteiger partial charge in [0, 0.05) is 5.03 Å². The van der Waals surface area contributed by atoms with Crippen LogP contribution in [0, 0.1) is 12.8 Å². The van der Waals surface area contributed by atoms with E-state index in [1.165, 1.54) is 24.8 Å². The second-order valence-corrected chi connectivity index (χ2v) is 4.81. The van der Waals surface area contributed by atoms with Gasteiger partial charge in [-0.25, -0.2) is 0 Å². The highest BCUT2D eigenvalue weighted by Gasteiger charge is 2.07. The molecule has 84 valence electrons. The van der Waals surface area contributed by atoms with E-state index in [2.05, 4.69) is 49.4 Å². The van der Waals surface area contributed by atoms with Crippen molar-refractivity contribution >= 4 is 16.6 Å². The molecule has 0 nitrogen and oxygen atoms in total. The van der Waals surface area contributed by atoms with Crippen molar-refractivity contribution < 1.29 is 0 Å². The molecule has 0 aromatic heterocycles. The summed E-state index contributed by atoms with van der Waals surface area (Å²) >= 11 is 6.32. The van der Waals surface area contributed by atoms with E-state index >= 15 is 0 Å².